The van der Waals surface area contributed by atoms with Gasteiger partial charge < -0.3 is 10.1 Å². The average molecular weight is 307 g/mol. The Hall–Kier alpha value is -1.16. The highest BCUT2D eigenvalue weighted by atomic mass is 32.2. The maximum absolute atomic E-state index is 11.7. The van der Waals surface area contributed by atoms with Crippen LogP contribution in [0.4, 0.5) is 0 Å². The minimum absolute atomic E-state index is 0.0406. The highest BCUT2D eigenvalue weighted by Crippen LogP contribution is 2.28. The van der Waals surface area contributed by atoms with Crippen molar-refractivity contribution >= 4 is 17.7 Å². The molecule has 1 amide bonds. The number of benzene rings is 1. The summed E-state index contributed by atoms with van der Waals surface area (Å²) in [4.78, 5) is 11.7. The molecule has 0 bridgehead atoms. The summed E-state index contributed by atoms with van der Waals surface area (Å²) in [5.41, 5.74) is 2.30. The molecule has 1 aliphatic carbocycles. The topological polar surface area (TPSA) is 38.3 Å². The van der Waals surface area contributed by atoms with E-state index in [1.54, 1.807) is 0 Å². The highest BCUT2D eigenvalue weighted by Gasteiger charge is 2.14. The van der Waals surface area contributed by atoms with Crippen LogP contribution in [0.1, 0.15) is 36.8 Å². The summed E-state index contributed by atoms with van der Waals surface area (Å²) >= 11 is 1.99. The number of nitrogens with one attached hydrogen (secondary N) is 1. The van der Waals surface area contributed by atoms with Gasteiger partial charge in [0.15, 0.2) is 6.61 Å². The van der Waals surface area contributed by atoms with Crippen LogP contribution in [0.5, 0.6) is 5.75 Å². The zero-order valence-electron chi connectivity index (χ0n) is 13.0. The maximum Gasteiger partial charge on any atom is 0.257 e. The monoisotopic (exact) mass is 307 g/mol. The third-order valence-electron chi connectivity index (χ3n) is 3.65. The quantitative estimate of drug-likeness (QED) is 0.784. The molecule has 116 valence electrons. The summed E-state index contributed by atoms with van der Waals surface area (Å²) in [6, 6.07) is 6.00. The molecule has 2 rings (SSSR count). The van der Waals surface area contributed by atoms with Gasteiger partial charge in [0.25, 0.3) is 5.91 Å². The Labute approximate surface area is 131 Å². The number of thioether (sulfide) groups is 1. The molecule has 3 nitrogen and oxygen atoms in total. The Morgan fingerprint density at radius 3 is 2.57 bits per heavy atom. The largest absolute Gasteiger partial charge is 0.484 e. The molecule has 0 spiro atoms. The number of hydrogen-bond donors (Lipinski definition) is 1. The van der Waals surface area contributed by atoms with E-state index in [0.29, 0.717) is 0 Å². The second-order valence-corrected chi connectivity index (χ2v) is 7.15. The van der Waals surface area contributed by atoms with Crippen LogP contribution in [0.15, 0.2) is 18.2 Å². The summed E-state index contributed by atoms with van der Waals surface area (Å²) in [5.74, 6) is 1.73. The molecule has 0 saturated heterocycles. The van der Waals surface area contributed by atoms with Crippen molar-refractivity contribution < 1.29 is 9.53 Å². The summed E-state index contributed by atoms with van der Waals surface area (Å²) in [6.07, 6.45) is 5.42. The molecule has 0 aromatic heterocycles. The molecule has 0 atom stereocenters. The molecular weight excluding hydrogens is 282 g/mol. The van der Waals surface area contributed by atoms with E-state index < -0.39 is 0 Å². The van der Waals surface area contributed by atoms with E-state index in [1.807, 2.05) is 37.7 Å². The van der Waals surface area contributed by atoms with Crippen molar-refractivity contribution in [2.24, 2.45) is 0 Å². The summed E-state index contributed by atoms with van der Waals surface area (Å²) in [6.45, 7) is 4.88. The van der Waals surface area contributed by atoms with Gasteiger partial charge in [-0.05, 0) is 49.9 Å². The number of rotatable bonds is 7. The Morgan fingerprint density at radius 2 is 1.90 bits per heavy atom. The van der Waals surface area contributed by atoms with E-state index >= 15 is 0 Å². The van der Waals surface area contributed by atoms with Crippen LogP contribution in [-0.2, 0) is 4.79 Å². The van der Waals surface area contributed by atoms with E-state index in [-0.39, 0.29) is 12.5 Å². The zero-order valence-corrected chi connectivity index (χ0v) is 13.8. The van der Waals surface area contributed by atoms with Crippen LogP contribution in [0.3, 0.4) is 0 Å². The summed E-state index contributed by atoms with van der Waals surface area (Å²) in [7, 11) is 0. The fourth-order valence-electron chi connectivity index (χ4n) is 2.69. The first-order chi connectivity index (χ1) is 10.1. The van der Waals surface area contributed by atoms with Crippen molar-refractivity contribution in [2.45, 2.75) is 44.8 Å². The Morgan fingerprint density at radius 1 is 1.24 bits per heavy atom. The molecule has 1 N–H and O–H groups in total. The molecule has 1 saturated carbocycles. The summed E-state index contributed by atoms with van der Waals surface area (Å²) < 4.78 is 5.54. The number of ether oxygens (including phenoxy) is 1. The molecule has 0 radical (unpaired) electrons. The van der Waals surface area contributed by atoms with Crippen molar-refractivity contribution in [3.05, 3.63) is 29.3 Å². The van der Waals surface area contributed by atoms with Crippen molar-refractivity contribution in [3.63, 3.8) is 0 Å². The number of hydrogen-bond acceptors (Lipinski definition) is 3. The number of amides is 1. The van der Waals surface area contributed by atoms with Crippen LogP contribution in [-0.4, -0.2) is 30.1 Å². The molecule has 1 aromatic carbocycles. The van der Waals surface area contributed by atoms with Gasteiger partial charge in [-0.2, -0.15) is 11.8 Å². The van der Waals surface area contributed by atoms with E-state index in [2.05, 4.69) is 11.4 Å². The highest BCUT2D eigenvalue weighted by molar-refractivity contribution is 7.99. The van der Waals surface area contributed by atoms with Gasteiger partial charge in [-0.1, -0.05) is 18.9 Å². The van der Waals surface area contributed by atoms with Gasteiger partial charge in [0.2, 0.25) is 0 Å². The minimum Gasteiger partial charge on any atom is -0.484 e. The van der Waals surface area contributed by atoms with Crippen molar-refractivity contribution in [3.8, 4) is 5.75 Å². The summed E-state index contributed by atoms with van der Waals surface area (Å²) in [5, 5.41) is 3.73. The third-order valence-corrected chi connectivity index (χ3v) is 5.03. The first kappa shape index (κ1) is 16.2. The Kier molecular flexibility index (Phi) is 6.43. The number of carbonyl (C=O) groups excluding carboxylic acids is 1. The fourth-order valence-corrected chi connectivity index (χ4v) is 3.91. The van der Waals surface area contributed by atoms with E-state index in [0.717, 1.165) is 34.4 Å². The third kappa shape index (κ3) is 6.00. The minimum atomic E-state index is -0.0406. The van der Waals surface area contributed by atoms with E-state index in [4.69, 9.17) is 4.74 Å². The van der Waals surface area contributed by atoms with Gasteiger partial charge in [-0.25, -0.2) is 0 Å². The molecule has 0 unspecified atom stereocenters. The van der Waals surface area contributed by atoms with E-state index in [1.165, 1.54) is 25.7 Å². The lowest BCUT2D eigenvalue weighted by Gasteiger charge is -2.10. The van der Waals surface area contributed by atoms with Crippen molar-refractivity contribution in [1.29, 1.82) is 0 Å². The lowest BCUT2D eigenvalue weighted by atomic mass is 10.1. The second-order valence-electron chi connectivity index (χ2n) is 5.74. The van der Waals surface area contributed by atoms with Crippen LogP contribution in [0, 0.1) is 13.8 Å². The van der Waals surface area contributed by atoms with Gasteiger partial charge in [-0.3, -0.25) is 4.79 Å². The molecular formula is C17H25NO2S. The van der Waals surface area contributed by atoms with Gasteiger partial charge >= 0.3 is 0 Å². The molecule has 1 aliphatic rings. The fraction of sp³-hybridized carbons (Fsp3) is 0.588. The Balaban J connectivity index is 1.60. The predicted octanol–water partition coefficient (Wildman–Crippen LogP) is 3.47. The molecule has 1 aromatic rings. The van der Waals surface area contributed by atoms with Crippen molar-refractivity contribution in [1.82, 2.24) is 5.32 Å². The van der Waals surface area contributed by atoms with Gasteiger partial charge in [0, 0.05) is 17.5 Å². The predicted molar refractivity (Wildman–Crippen MR) is 89.1 cm³/mol. The molecule has 21 heavy (non-hydrogen) atoms. The lowest BCUT2D eigenvalue weighted by Crippen LogP contribution is -2.30. The van der Waals surface area contributed by atoms with Gasteiger partial charge in [0.1, 0.15) is 5.75 Å². The molecule has 1 fully saturated rings. The van der Waals surface area contributed by atoms with Crippen LogP contribution in [0.2, 0.25) is 0 Å². The normalized spacial score (nSPS) is 15.1. The SMILES string of the molecule is Cc1cc(C)cc(OCC(=O)NCCSC2CCCC2)c1. The first-order valence-corrected chi connectivity index (χ1v) is 8.78. The van der Waals surface area contributed by atoms with Crippen LogP contribution >= 0.6 is 11.8 Å². The van der Waals surface area contributed by atoms with Crippen molar-refractivity contribution in [2.75, 3.05) is 18.9 Å². The smallest absolute Gasteiger partial charge is 0.257 e. The first-order valence-electron chi connectivity index (χ1n) is 7.73. The van der Waals surface area contributed by atoms with E-state index in [9.17, 15) is 4.79 Å². The van der Waals surface area contributed by atoms with Crippen LogP contribution < -0.4 is 10.1 Å². The molecule has 4 heteroatoms. The van der Waals surface area contributed by atoms with Gasteiger partial charge in [-0.15, -0.1) is 0 Å². The average Bonchev–Trinajstić information content (AvgIpc) is 2.93. The standard InChI is InChI=1S/C17H25NO2S/c1-13-9-14(2)11-15(10-13)20-12-17(19)18-7-8-21-16-5-3-4-6-16/h9-11,16H,3-8,12H2,1-2H3,(H,18,19). The zero-order chi connectivity index (χ0) is 15.1. The molecule has 0 heterocycles. The van der Waals surface area contributed by atoms with Crippen LogP contribution in [0.25, 0.3) is 0 Å². The second kappa shape index (κ2) is 8.32. The Bertz CT molecular complexity index is 450. The lowest BCUT2D eigenvalue weighted by molar-refractivity contribution is -0.122. The number of aryl methyl sites for hydroxylation is 2. The molecule has 0 aliphatic heterocycles. The maximum atomic E-state index is 11.7. The number of carbonyl (C=O) groups is 1. The van der Waals surface area contributed by atoms with Gasteiger partial charge in [0.05, 0.1) is 0 Å².